The molecule has 0 aliphatic heterocycles. The maximum absolute atomic E-state index is 9.35. The highest BCUT2D eigenvalue weighted by atomic mass is 16.5. The van der Waals surface area contributed by atoms with Gasteiger partial charge in [0.25, 0.3) is 5.89 Å². The molecule has 2 heterocycles. The molecule has 22 heavy (non-hydrogen) atoms. The van der Waals surface area contributed by atoms with E-state index < -0.39 is 0 Å². The van der Waals surface area contributed by atoms with E-state index in [0.29, 0.717) is 11.7 Å². The van der Waals surface area contributed by atoms with Crippen LogP contribution in [0.4, 0.5) is 0 Å². The number of nitrogens with zero attached hydrogens (tertiary/aromatic N) is 3. The van der Waals surface area contributed by atoms with Gasteiger partial charge in [-0.2, -0.15) is 4.98 Å². The Labute approximate surface area is 126 Å². The molecule has 1 N–H and O–H groups in total. The predicted molar refractivity (Wildman–Crippen MR) is 81.1 cm³/mol. The Kier molecular flexibility index (Phi) is 3.82. The molecule has 0 saturated heterocycles. The lowest BCUT2D eigenvalue weighted by Gasteiger charge is -1.98. The van der Waals surface area contributed by atoms with Crippen LogP contribution in [0.1, 0.15) is 11.5 Å². The fourth-order valence-corrected chi connectivity index (χ4v) is 1.86. The molecule has 0 fully saturated rings. The summed E-state index contributed by atoms with van der Waals surface area (Å²) in [7, 11) is 1.61. The van der Waals surface area contributed by atoms with Gasteiger partial charge >= 0.3 is 0 Å². The van der Waals surface area contributed by atoms with Gasteiger partial charge < -0.3 is 14.4 Å². The number of hydrogen-bond donors (Lipinski definition) is 1. The topological polar surface area (TPSA) is 81.3 Å². The number of benzene rings is 1. The molecule has 6 nitrogen and oxygen atoms in total. The van der Waals surface area contributed by atoms with Crippen LogP contribution < -0.4 is 4.74 Å². The quantitative estimate of drug-likeness (QED) is 0.796. The van der Waals surface area contributed by atoms with Crippen LogP contribution >= 0.6 is 0 Å². The number of aromatic nitrogens is 3. The Hall–Kier alpha value is -3.15. The first-order valence-corrected chi connectivity index (χ1v) is 6.55. The van der Waals surface area contributed by atoms with Crippen molar-refractivity contribution in [2.24, 2.45) is 0 Å². The second-order valence-corrected chi connectivity index (χ2v) is 4.49. The van der Waals surface area contributed by atoms with Crippen molar-refractivity contribution in [2.45, 2.75) is 0 Å². The highest BCUT2D eigenvalue weighted by Crippen LogP contribution is 2.20. The Morgan fingerprint density at radius 3 is 2.68 bits per heavy atom. The normalized spacial score (nSPS) is 11.0. The second-order valence-electron chi connectivity index (χ2n) is 4.49. The van der Waals surface area contributed by atoms with E-state index in [9.17, 15) is 5.11 Å². The molecular formula is C16H13N3O3. The van der Waals surface area contributed by atoms with Crippen molar-refractivity contribution >= 4 is 12.2 Å². The Morgan fingerprint density at radius 2 is 1.95 bits per heavy atom. The lowest BCUT2D eigenvalue weighted by molar-refractivity contribution is 0.411. The van der Waals surface area contributed by atoms with Gasteiger partial charge in [0.05, 0.1) is 13.3 Å². The minimum Gasteiger partial charge on any atom is -0.506 e. The van der Waals surface area contributed by atoms with Crippen molar-refractivity contribution in [1.82, 2.24) is 15.1 Å². The van der Waals surface area contributed by atoms with Gasteiger partial charge in [-0.1, -0.05) is 5.16 Å². The van der Waals surface area contributed by atoms with Gasteiger partial charge in [0.2, 0.25) is 5.82 Å². The minimum absolute atomic E-state index is 0.103. The number of methoxy groups -OCH3 is 1. The van der Waals surface area contributed by atoms with Crippen molar-refractivity contribution in [3.63, 3.8) is 0 Å². The molecule has 3 aromatic rings. The molecule has 0 unspecified atom stereocenters. The zero-order valence-electron chi connectivity index (χ0n) is 11.8. The number of aromatic hydroxyl groups is 1. The van der Waals surface area contributed by atoms with E-state index >= 15 is 0 Å². The summed E-state index contributed by atoms with van der Waals surface area (Å²) in [4.78, 5) is 8.17. The maximum Gasteiger partial charge on any atom is 0.250 e. The smallest absolute Gasteiger partial charge is 0.250 e. The van der Waals surface area contributed by atoms with Gasteiger partial charge in [-0.05, 0) is 42.0 Å². The van der Waals surface area contributed by atoms with Gasteiger partial charge in [-0.25, -0.2) is 0 Å². The van der Waals surface area contributed by atoms with Crippen LogP contribution in [0.5, 0.6) is 11.5 Å². The monoisotopic (exact) mass is 295 g/mol. The third kappa shape index (κ3) is 3.12. The van der Waals surface area contributed by atoms with E-state index in [1.807, 2.05) is 24.3 Å². The largest absolute Gasteiger partial charge is 0.506 e. The highest BCUT2D eigenvalue weighted by molar-refractivity contribution is 5.67. The number of hydrogen-bond acceptors (Lipinski definition) is 6. The Balaban J connectivity index is 1.78. The second kappa shape index (κ2) is 6.09. The van der Waals surface area contributed by atoms with E-state index in [1.54, 1.807) is 31.5 Å². The van der Waals surface area contributed by atoms with Gasteiger partial charge in [0, 0.05) is 17.8 Å². The molecule has 3 rings (SSSR count). The van der Waals surface area contributed by atoms with Crippen LogP contribution in [0.2, 0.25) is 0 Å². The summed E-state index contributed by atoms with van der Waals surface area (Å²) < 4.78 is 10.3. The molecule has 2 aromatic heterocycles. The molecule has 0 bridgehead atoms. The molecule has 0 saturated carbocycles. The number of pyridine rings is 1. The van der Waals surface area contributed by atoms with Crippen molar-refractivity contribution in [2.75, 3.05) is 7.11 Å². The molecule has 110 valence electrons. The Morgan fingerprint density at radius 1 is 1.14 bits per heavy atom. The van der Waals surface area contributed by atoms with E-state index in [1.165, 1.54) is 6.20 Å². The van der Waals surface area contributed by atoms with Gasteiger partial charge in [0.1, 0.15) is 11.5 Å². The van der Waals surface area contributed by atoms with E-state index in [0.717, 1.165) is 16.9 Å². The third-order valence-corrected chi connectivity index (χ3v) is 2.95. The summed E-state index contributed by atoms with van der Waals surface area (Å²) in [5.41, 5.74) is 1.58. The summed E-state index contributed by atoms with van der Waals surface area (Å²) in [6.07, 6.45) is 6.39. The van der Waals surface area contributed by atoms with Crippen LogP contribution in [-0.2, 0) is 0 Å². The predicted octanol–water partition coefficient (Wildman–Crippen LogP) is 3.02. The van der Waals surface area contributed by atoms with Crippen LogP contribution in [0.15, 0.2) is 47.2 Å². The molecule has 0 atom stereocenters. The molecule has 0 radical (unpaired) electrons. The first-order valence-electron chi connectivity index (χ1n) is 6.55. The van der Waals surface area contributed by atoms with Crippen molar-refractivity contribution < 1.29 is 14.4 Å². The van der Waals surface area contributed by atoms with E-state index in [-0.39, 0.29) is 5.75 Å². The van der Waals surface area contributed by atoms with E-state index in [2.05, 4.69) is 15.1 Å². The fraction of sp³-hybridized carbons (Fsp3) is 0.0625. The number of rotatable bonds is 4. The summed E-state index contributed by atoms with van der Waals surface area (Å²) in [5, 5.41) is 13.3. The average Bonchev–Trinajstić information content (AvgIpc) is 3.02. The first kappa shape index (κ1) is 13.8. The maximum atomic E-state index is 9.35. The zero-order valence-corrected chi connectivity index (χ0v) is 11.8. The van der Waals surface area contributed by atoms with Gasteiger partial charge in [0.15, 0.2) is 0 Å². The lowest BCUT2D eigenvalue weighted by Crippen LogP contribution is -1.84. The summed E-state index contributed by atoms with van der Waals surface area (Å²) in [6.45, 7) is 0. The fourth-order valence-electron chi connectivity index (χ4n) is 1.86. The van der Waals surface area contributed by atoms with Gasteiger partial charge in [-0.3, -0.25) is 4.98 Å². The van der Waals surface area contributed by atoms with Crippen LogP contribution in [0.25, 0.3) is 23.5 Å². The number of ether oxygens (including phenoxy) is 1. The molecule has 0 amide bonds. The van der Waals surface area contributed by atoms with Crippen molar-refractivity contribution in [3.8, 4) is 22.9 Å². The summed E-state index contributed by atoms with van der Waals surface area (Å²) in [5.74, 6) is 1.74. The van der Waals surface area contributed by atoms with Crippen molar-refractivity contribution in [1.29, 1.82) is 0 Å². The summed E-state index contributed by atoms with van der Waals surface area (Å²) >= 11 is 0. The van der Waals surface area contributed by atoms with Gasteiger partial charge in [-0.15, -0.1) is 0 Å². The SMILES string of the molecule is COc1ccc(-c2noc(/C=C/c3cncc(O)c3)n2)cc1. The van der Waals surface area contributed by atoms with Crippen LogP contribution in [-0.4, -0.2) is 27.3 Å². The first-order chi connectivity index (χ1) is 10.7. The Bertz CT molecular complexity index is 794. The standard InChI is InChI=1S/C16H13N3O3/c1-21-14-5-3-12(4-6-14)16-18-15(22-19-16)7-2-11-8-13(20)10-17-9-11/h2-10,20H,1H3/b7-2+. The third-order valence-electron chi connectivity index (χ3n) is 2.95. The van der Waals surface area contributed by atoms with Crippen molar-refractivity contribution in [3.05, 3.63) is 54.2 Å². The minimum atomic E-state index is 0.103. The highest BCUT2D eigenvalue weighted by Gasteiger charge is 2.06. The van der Waals surface area contributed by atoms with Crippen LogP contribution in [0.3, 0.4) is 0 Å². The molecule has 0 spiro atoms. The molecule has 0 aliphatic rings. The molecule has 6 heteroatoms. The molecular weight excluding hydrogens is 282 g/mol. The zero-order chi connectivity index (χ0) is 15.4. The van der Waals surface area contributed by atoms with E-state index in [4.69, 9.17) is 9.26 Å². The average molecular weight is 295 g/mol. The summed E-state index contributed by atoms with van der Waals surface area (Å²) in [6, 6.07) is 8.97. The van der Waals surface area contributed by atoms with Crippen LogP contribution in [0, 0.1) is 0 Å². The molecule has 1 aromatic carbocycles. The lowest BCUT2D eigenvalue weighted by atomic mass is 10.2. The molecule has 0 aliphatic carbocycles.